The van der Waals surface area contributed by atoms with Crippen LogP contribution in [0.1, 0.15) is 31.4 Å². The fourth-order valence-corrected chi connectivity index (χ4v) is 1.27. The summed E-state index contributed by atoms with van der Waals surface area (Å²) >= 11 is 0. The molecule has 1 saturated carbocycles. The van der Waals surface area contributed by atoms with Crippen molar-refractivity contribution in [3.8, 4) is 0 Å². The number of rotatable bonds is 1. The highest BCUT2D eigenvalue weighted by molar-refractivity contribution is 5.80. The lowest BCUT2D eigenvalue weighted by Gasteiger charge is -1.84. The van der Waals surface area contributed by atoms with Gasteiger partial charge < -0.3 is 0 Å². The van der Waals surface area contributed by atoms with E-state index in [1.807, 2.05) is 18.2 Å². The number of pyridine rings is 1. The minimum atomic E-state index is 0.454. The molecule has 2 rings (SSSR count). The normalized spacial score (nSPS) is 14.4. The van der Waals surface area contributed by atoms with Crippen LogP contribution in [0.4, 0.5) is 0 Å². The van der Waals surface area contributed by atoms with Gasteiger partial charge in [0, 0.05) is 19.0 Å². The number of nitrogens with zero attached hydrogens (tertiary/aromatic N) is 1. The smallest absolute Gasteiger partial charge is 0.132 e. The summed E-state index contributed by atoms with van der Waals surface area (Å²) in [7, 11) is 0. The van der Waals surface area contributed by atoms with Crippen molar-refractivity contribution in [3.05, 3.63) is 36.7 Å². The minimum Gasteiger partial charge on any atom is -0.300 e. The van der Waals surface area contributed by atoms with Crippen molar-refractivity contribution in [3.63, 3.8) is 0 Å². The molecular weight excluding hydrogens is 174 g/mol. The molecule has 0 aliphatic heterocycles. The maximum Gasteiger partial charge on any atom is 0.132 e. The van der Waals surface area contributed by atoms with Crippen LogP contribution in [0.2, 0.25) is 0 Å². The Morgan fingerprint density at radius 3 is 2.29 bits per heavy atom. The number of hydrogen-bond donors (Lipinski definition) is 0. The average Bonchev–Trinajstić information content (AvgIpc) is 2.71. The first kappa shape index (κ1) is 10.6. The van der Waals surface area contributed by atoms with Gasteiger partial charge in [0.05, 0.1) is 5.69 Å². The van der Waals surface area contributed by atoms with Gasteiger partial charge in [0.2, 0.25) is 0 Å². The van der Waals surface area contributed by atoms with Gasteiger partial charge in [-0.25, -0.2) is 0 Å². The van der Waals surface area contributed by atoms with E-state index in [9.17, 15) is 4.79 Å². The molecule has 0 saturated heterocycles. The van der Waals surface area contributed by atoms with Gasteiger partial charge in [-0.2, -0.15) is 0 Å². The molecule has 0 unspecified atom stereocenters. The molecule has 1 aliphatic rings. The summed E-state index contributed by atoms with van der Waals surface area (Å²) in [5, 5.41) is 0. The summed E-state index contributed by atoms with van der Waals surface area (Å²) < 4.78 is 0. The third-order valence-electron chi connectivity index (χ3n) is 2.06. The van der Waals surface area contributed by atoms with Gasteiger partial charge in [-0.3, -0.25) is 9.78 Å². The topological polar surface area (TPSA) is 30.0 Å². The van der Waals surface area contributed by atoms with Gasteiger partial charge in [0.25, 0.3) is 0 Å². The fourth-order valence-electron chi connectivity index (χ4n) is 1.27. The average molecular weight is 189 g/mol. The van der Waals surface area contributed by atoms with E-state index < -0.39 is 0 Å². The quantitative estimate of drug-likeness (QED) is 0.680. The van der Waals surface area contributed by atoms with Gasteiger partial charge in [-0.15, -0.1) is 0 Å². The molecule has 0 radical (unpaired) electrons. The highest BCUT2D eigenvalue weighted by atomic mass is 16.1. The Labute approximate surface area is 84.7 Å². The summed E-state index contributed by atoms with van der Waals surface area (Å²) in [6.45, 7) is 3.57. The van der Waals surface area contributed by atoms with Crippen LogP contribution in [0.25, 0.3) is 6.08 Å². The third kappa shape index (κ3) is 3.99. The fraction of sp³-hybridized carbons (Fsp3) is 0.333. The number of carbonyl (C=O) groups is 1. The van der Waals surface area contributed by atoms with Crippen LogP contribution in [0.5, 0.6) is 0 Å². The minimum absolute atomic E-state index is 0.454. The molecule has 14 heavy (non-hydrogen) atoms. The Hall–Kier alpha value is -1.44. The zero-order chi connectivity index (χ0) is 10.2. The van der Waals surface area contributed by atoms with Crippen molar-refractivity contribution in [1.82, 2.24) is 4.98 Å². The van der Waals surface area contributed by atoms with Crippen molar-refractivity contribution in [2.24, 2.45) is 0 Å². The first-order chi connectivity index (χ1) is 6.83. The molecule has 1 aliphatic carbocycles. The molecule has 1 fully saturated rings. The van der Waals surface area contributed by atoms with Crippen LogP contribution < -0.4 is 0 Å². The lowest BCUT2D eigenvalue weighted by atomic mass is 10.4. The lowest BCUT2D eigenvalue weighted by molar-refractivity contribution is -0.117. The lowest BCUT2D eigenvalue weighted by Crippen LogP contribution is -1.81. The van der Waals surface area contributed by atoms with E-state index in [0.29, 0.717) is 5.78 Å². The van der Waals surface area contributed by atoms with E-state index in [0.717, 1.165) is 31.4 Å². The van der Waals surface area contributed by atoms with Crippen LogP contribution in [0, 0.1) is 0 Å². The Bertz CT molecular complexity index is 284. The van der Waals surface area contributed by atoms with Crippen LogP contribution in [-0.4, -0.2) is 10.8 Å². The Kier molecular flexibility index (Phi) is 4.62. The van der Waals surface area contributed by atoms with E-state index in [1.165, 1.54) is 0 Å². The van der Waals surface area contributed by atoms with Gasteiger partial charge in [-0.05, 0) is 31.1 Å². The maximum absolute atomic E-state index is 10.2. The van der Waals surface area contributed by atoms with E-state index in [1.54, 1.807) is 12.3 Å². The second-order valence-electron chi connectivity index (χ2n) is 3.20. The monoisotopic (exact) mass is 189 g/mol. The van der Waals surface area contributed by atoms with Crippen molar-refractivity contribution in [1.29, 1.82) is 0 Å². The SMILES string of the molecule is C=Cc1ccccn1.O=C1CCCC1. The maximum atomic E-state index is 10.2. The second kappa shape index (κ2) is 6.08. The summed E-state index contributed by atoms with van der Waals surface area (Å²) in [5.41, 5.74) is 0.924. The van der Waals surface area contributed by atoms with Crippen molar-refractivity contribution in [2.75, 3.05) is 0 Å². The van der Waals surface area contributed by atoms with E-state index in [2.05, 4.69) is 11.6 Å². The molecule has 0 aromatic carbocycles. The summed E-state index contributed by atoms with van der Waals surface area (Å²) in [4.78, 5) is 14.2. The zero-order valence-electron chi connectivity index (χ0n) is 8.28. The summed E-state index contributed by atoms with van der Waals surface area (Å²) in [5.74, 6) is 0.454. The molecule has 74 valence electrons. The molecule has 1 aromatic rings. The number of Topliss-reactive ketones (excluding diaryl/α,β-unsaturated/α-hetero) is 1. The molecule has 0 atom stereocenters. The van der Waals surface area contributed by atoms with Crippen LogP contribution in [0.15, 0.2) is 31.0 Å². The first-order valence-corrected chi connectivity index (χ1v) is 4.88. The molecule has 0 N–H and O–H groups in total. The standard InChI is InChI=1S/C7H7N.C5H8O/c1-2-7-5-3-4-6-8-7;6-5-3-1-2-4-5/h2-6H,1H2;1-4H2. The first-order valence-electron chi connectivity index (χ1n) is 4.88. The van der Waals surface area contributed by atoms with Gasteiger partial charge in [0.1, 0.15) is 5.78 Å². The van der Waals surface area contributed by atoms with Crippen molar-refractivity contribution < 1.29 is 4.79 Å². The summed E-state index contributed by atoms with van der Waals surface area (Å²) in [6, 6.07) is 5.73. The number of hydrogen-bond acceptors (Lipinski definition) is 2. The van der Waals surface area contributed by atoms with Crippen molar-refractivity contribution >= 4 is 11.9 Å². The van der Waals surface area contributed by atoms with Gasteiger partial charge >= 0.3 is 0 Å². The van der Waals surface area contributed by atoms with E-state index in [-0.39, 0.29) is 0 Å². The largest absolute Gasteiger partial charge is 0.300 e. The predicted octanol–water partition coefficient (Wildman–Crippen LogP) is 2.85. The number of aromatic nitrogens is 1. The highest BCUT2D eigenvalue weighted by Gasteiger charge is 2.07. The zero-order valence-corrected chi connectivity index (χ0v) is 8.28. The molecule has 0 bridgehead atoms. The van der Waals surface area contributed by atoms with Crippen LogP contribution in [0.3, 0.4) is 0 Å². The van der Waals surface area contributed by atoms with Gasteiger partial charge in [0.15, 0.2) is 0 Å². The number of ketones is 1. The van der Waals surface area contributed by atoms with Crippen LogP contribution >= 0.6 is 0 Å². The second-order valence-corrected chi connectivity index (χ2v) is 3.20. The molecule has 0 amide bonds. The Morgan fingerprint density at radius 2 is 2.00 bits per heavy atom. The van der Waals surface area contributed by atoms with Gasteiger partial charge in [-0.1, -0.05) is 12.6 Å². The number of carbonyl (C=O) groups excluding carboxylic acids is 1. The Morgan fingerprint density at radius 1 is 1.29 bits per heavy atom. The highest BCUT2D eigenvalue weighted by Crippen LogP contribution is 2.11. The predicted molar refractivity (Wildman–Crippen MR) is 57.8 cm³/mol. The molecule has 1 aromatic heterocycles. The van der Waals surface area contributed by atoms with Crippen molar-refractivity contribution in [2.45, 2.75) is 25.7 Å². The summed E-state index contributed by atoms with van der Waals surface area (Å²) in [6.07, 6.45) is 7.44. The molecule has 2 heteroatoms. The Balaban J connectivity index is 0.000000146. The van der Waals surface area contributed by atoms with E-state index >= 15 is 0 Å². The van der Waals surface area contributed by atoms with Crippen LogP contribution in [-0.2, 0) is 4.79 Å². The third-order valence-corrected chi connectivity index (χ3v) is 2.06. The molecular formula is C12H15NO. The molecule has 2 nitrogen and oxygen atoms in total. The molecule has 1 heterocycles. The molecule has 0 spiro atoms. The van der Waals surface area contributed by atoms with E-state index in [4.69, 9.17) is 0 Å².